The summed E-state index contributed by atoms with van der Waals surface area (Å²) in [6, 6.07) is 3.22. The Morgan fingerprint density at radius 3 is 2.85 bits per heavy atom. The summed E-state index contributed by atoms with van der Waals surface area (Å²) in [5.41, 5.74) is 7.51. The van der Waals surface area contributed by atoms with E-state index < -0.39 is 17.8 Å². The molecule has 0 aliphatic carbocycles. The normalized spacial score (nSPS) is 11.4. The van der Waals surface area contributed by atoms with Crippen molar-refractivity contribution < 1.29 is 22.6 Å². The van der Waals surface area contributed by atoms with E-state index in [1.54, 1.807) is 6.92 Å². The third-order valence-corrected chi connectivity index (χ3v) is 3.23. The first-order valence-electron chi connectivity index (χ1n) is 7.35. The maximum atomic E-state index is 13.3. The second-order valence-corrected chi connectivity index (χ2v) is 5.06. The molecular weight excluding hydrogens is 351 g/mol. The van der Waals surface area contributed by atoms with Crippen LogP contribution in [0.4, 0.5) is 18.9 Å². The monoisotopic (exact) mass is 367 g/mol. The first-order valence-corrected chi connectivity index (χ1v) is 7.35. The van der Waals surface area contributed by atoms with Crippen molar-refractivity contribution in [1.29, 1.82) is 5.53 Å². The van der Waals surface area contributed by atoms with Crippen LogP contribution in [0.15, 0.2) is 41.4 Å². The summed E-state index contributed by atoms with van der Waals surface area (Å²) in [7, 11) is 1.46. The number of halogens is 3. The molecule has 26 heavy (non-hydrogen) atoms. The van der Waals surface area contributed by atoms with Crippen LogP contribution >= 0.6 is 0 Å². The Morgan fingerprint density at radius 2 is 2.19 bits per heavy atom. The van der Waals surface area contributed by atoms with E-state index in [0.29, 0.717) is 5.88 Å². The zero-order valence-electron chi connectivity index (χ0n) is 14.0. The fourth-order valence-corrected chi connectivity index (χ4v) is 1.90. The molecule has 0 aliphatic rings. The molecule has 2 aromatic rings. The van der Waals surface area contributed by atoms with Gasteiger partial charge in [-0.25, -0.2) is 23.7 Å². The molecule has 138 valence electrons. The number of benzene rings is 1. The van der Waals surface area contributed by atoms with Crippen LogP contribution in [-0.2, 0) is 0 Å². The highest BCUT2D eigenvalue weighted by molar-refractivity contribution is 5.49. The number of aromatic nitrogens is 2. The Kier molecular flexibility index (Phi) is 6.48. The summed E-state index contributed by atoms with van der Waals surface area (Å²) in [4.78, 5) is 7.99. The van der Waals surface area contributed by atoms with Crippen LogP contribution in [0.2, 0.25) is 0 Å². The summed E-state index contributed by atoms with van der Waals surface area (Å²) in [5, 5.41) is 5.93. The largest absolute Gasteiger partial charge is 0.481 e. The van der Waals surface area contributed by atoms with Crippen molar-refractivity contribution in [2.75, 3.05) is 19.0 Å². The Hall–Kier alpha value is -3.17. The molecule has 0 spiro atoms. The van der Waals surface area contributed by atoms with Gasteiger partial charge in [0.05, 0.1) is 12.7 Å². The molecule has 2 N–H and O–H groups in total. The highest BCUT2D eigenvalue weighted by Crippen LogP contribution is 2.25. The average Bonchev–Trinajstić information content (AvgIpc) is 2.63. The minimum absolute atomic E-state index is 0.0313. The summed E-state index contributed by atoms with van der Waals surface area (Å²) in [6.07, 6.45) is -0.135. The molecule has 0 bridgehead atoms. The lowest BCUT2D eigenvalue weighted by Gasteiger charge is -2.08. The van der Waals surface area contributed by atoms with Crippen molar-refractivity contribution in [2.24, 2.45) is 5.11 Å². The van der Waals surface area contributed by atoms with E-state index in [2.05, 4.69) is 20.4 Å². The standard InChI is InChI=1S/C16H16F3N5O2/c1-9-6-22-16(23-15(9)25-2)26-8-11(24-20)7-21-10-3-4-13(17)12(5-10)14(18)19/h3-7,14,20-21H,8H2,1-2H3/b11-7-,24-20?. The van der Waals surface area contributed by atoms with Crippen LogP contribution < -0.4 is 14.8 Å². The Labute approximate surface area is 147 Å². The van der Waals surface area contributed by atoms with Crippen LogP contribution in [0, 0.1) is 18.3 Å². The number of rotatable bonds is 8. The maximum Gasteiger partial charge on any atom is 0.320 e. The molecule has 0 unspecified atom stereocenters. The lowest BCUT2D eigenvalue weighted by atomic mass is 10.2. The molecule has 0 amide bonds. The van der Waals surface area contributed by atoms with E-state index in [0.717, 1.165) is 17.7 Å². The van der Waals surface area contributed by atoms with Gasteiger partial charge in [0.25, 0.3) is 6.43 Å². The molecule has 2 rings (SSSR count). The van der Waals surface area contributed by atoms with E-state index >= 15 is 0 Å². The first kappa shape index (κ1) is 19.2. The van der Waals surface area contributed by atoms with Crippen LogP contribution in [-0.4, -0.2) is 23.7 Å². The highest BCUT2D eigenvalue weighted by atomic mass is 19.3. The topological polar surface area (TPSA) is 92.5 Å². The molecule has 0 saturated carbocycles. The van der Waals surface area contributed by atoms with Crippen LogP contribution in [0.1, 0.15) is 17.6 Å². The van der Waals surface area contributed by atoms with Gasteiger partial charge in [-0.15, -0.1) is 0 Å². The number of alkyl halides is 2. The molecule has 0 fully saturated rings. The zero-order chi connectivity index (χ0) is 19.1. The van der Waals surface area contributed by atoms with Gasteiger partial charge in [-0.1, -0.05) is 0 Å². The summed E-state index contributed by atoms with van der Waals surface area (Å²) in [6.45, 7) is 1.62. The van der Waals surface area contributed by atoms with Crippen molar-refractivity contribution in [1.82, 2.24) is 9.97 Å². The van der Waals surface area contributed by atoms with Gasteiger partial charge in [0.15, 0.2) is 0 Å². The number of nitrogens with one attached hydrogen (secondary N) is 2. The summed E-state index contributed by atoms with van der Waals surface area (Å²) in [5.74, 6) is -0.638. The van der Waals surface area contributed by atoms with E-state index in [4.69, 9.17) is 15.0 Å². The molecule has 0 aliphatic heterocycles. The molecule has 10 heteroatoms. The number of nitrogens with zero attached hydrogens (tertiary/aromatic N) is 3. The molecule has 0 radical (unpaired) electrons. The summed E-state index contributed by atoms with van der Waals surface area (Å²) < 4.78 is 49.0. The Morgan fingerprint density at radius 1 is 1.42 bits per heavy atom. The van der Waals surface area contributed by atoms with E-state index in [9.17, 15) is 13.2 Å². The van der Waals surface area contributed by atoms with Crippen molar-refractivity contribution in [2.45, 2.75) is 13.3 Å². The maximum absolute atomic E-state index is 13.3. The zero-order valence-corrected chi connectivity index (χ0v) is 14.0. The molecular formula is C16H16F3N5O2. The van der Waals surface area contributed by atoms with E-state index in [1.807, 2.05) is 0 Å². The van der Waals surface area contributed by atoms with Gasteiger partial charge in [-0.3, -0.25) is 0 Å². The van der Waals surface area contributed by atoms with E-state index in [1.165, 1.54) is 25.6 Å². The van der Waals surface area contributed by atoms with Gasteiger partial charge >= 0.3 is 6.01 Å². The van der Waals surface area contributed by atoms with Gasteiger partial charge in [0.2, 0.25) is 5.88 Å². The van der Waals surface area contributed by atoms with Gasteiger partial charge in [0.1, 0.15) is 18.1 Å². The number of methoxy groups -OCH3 is 1. The lowest BCUT2D eigenvalue weighted by molar-refractivity contribution is 0.146. The quantitative estimate of drug-likeness (QED) is 0.681. The third kappa shape index (κ3) is 4.91. The van der Waals surface area contributed by atoms with Gasteiger partial charge in [-0.2, -0.15) is 10.1 Å². The van der Waals surface area contributed by atoms with Crippen molar-refractivity contribution >= 4 is 5.69 Å². The molecule has 7 nitrogen and oxygen atoms in total. The van der Waals surface area contributed by atoms with E-state index in [-0.39, 0.29) is 24.0 Å². The van der Waals surface area contributed by atoms with Crippen molar-refractivity contribution in [3.63, 3.8) is 0 Å². The number of ether oxygens (including phenoxy) is 2. The van der Waals surface area contributed by atoms with Crippen molar-refractivity contribution in [3.05, 3.63) is 53.2 Å². The van der Waals surface area contributed by atoms with Crippen LogP contribution in [0.25, 0.3) is 0 Å². The lowest BCUT2D eigenvalue weighted by Crippen LogP contribution is -2.05. The number of hydrogen-bond donors (Lipinski definition) is 2. The number of aryl methyl sites for hydroxylation is 1. The van der Waals surface area contributed by atoms with Crippen LogP contribution in [0.3, 0.4) is 0 Å². The van der Waals surface area contributed by atoms with Gasteiger partial charge < -0.3 is 14.8 Å². The minimum atomic E-state index is -2.93. The van der Waals surface area contributed by atoms with Crippen molar-refractivity contribution in [3.8, 4) is 11.9 Å². The molecule has 1 heterocycles. The van der Waals surface area contributed by atoms with Gasteiger partial charge in [0, 0.05) is 23.6 Å². The summed E-state index contributed by atoms with van der Waals surface area (Å²) >= 11 is 0. The van der Waals surface area contributed by atoms with Gasteiger partial charge in [-0.05, 0) is 25.1 Å². The fourth-order valence-electron chi connectivity index (χ4n) is 1.90. The molecule has 1 aromatic carbocycles. The second kappa shape index (κ2) is 8.79. The fraction of sp³-hybridized carbons (Fsp3) is 0.250. The highest BCUT2D eigenvalue weighted by Gasteiger charge is 2.13. The predicted octanol–water partition coefficient (Wildman–Crippen LogP) is 4.23. The molecule has 1 aromatic heterocycles. The Bertz CT molecular complexity index is 814. The average molecular weight is 367 g/mol. The smallest absolute Gasteiger partial charge is 0.320 e. The third-order valence-electron chi connectivity index (χ3n) is 3.23. The number of hydrogen-bond acceptors (Lipinski definition) is 7. The second-order valence-electron chi connectivity index (χ2n) is 5.06. The molecule has 0 atom stereocenters. The van der Waals surface area contributed by atoms with Crippen LogP contribution in [0.5, 0.6) is 11.9 Å². The number of anilines is 1. The minimum Gasteiger partial charge on any atom is -0.481 e. The Balaban J connectivity index is 2.04. The first-order chi connectivity index (χ1) is 12.4. The SMILES string of the molecule is COc1nc(OC/C(=C/Nc2ccc(F)c(C(F)F)c2)N=N)ncc1C. The predicted molar refractivity (Wildman–Crippen MR) is 87.0 cm³/mol. The molecule has 0 saturated heterocycles.